The first-order valence-corrected chi connectivity index (χ1v) is 7.06. The van der Waals surface area contributed by atoms with Crippen LogP contribution < -0.4 is 10.9 Å². The second kappa shape index (κ2) is 6.26. The van der Waals surface area contributed by atoms with Crippen LogP contribution >= 0.6 is 0 Å². The van der Waals surface area contributed by atoms with Crippen molar-refractivity contribution in [1.82, 2.24) is 19.9 Å². The number of nitrogens with zero attached hydrogens (tertiary/aromatic N) is 2. The maximum atomic E-state index is 12.0. The Morgan fingerprint density at radius 3 is 3.00 bits per heavy atom. The van der Waals surface area contributed by atoms with E-state index in [2.05, 4.69) is 15.3 Å². The van der Waals surface area contributed by atoms with E-state index in [9.17, 15) is 9.59 Å². The number of carbonyl (C=O) groups is 1. The van der Waals surface area contributed by atoms with Crippen LogP contribution in [0.4, 0.5) is 0 Å². The summed E-state index contributed by atoms with van der Waals surface area (Å²) in [6, 6.07) is 9.27. The molecular weight excluding hydrogens is 280 g/mol. The quantitative estimate of drug-likeness (QED) is 0.739. The number of carbonyl (C=O) groups excluding carboxylic acids is 1. The fraction of sp³-hybridized carbons (Fsp3) is 0.188. The second-order valence-electron chi connectivity index (χ2n) is 5.00. The van der Waals surface area contributed by atoms with Crippen molar-refractivity contribution in [3.05, 3.63) is 65.0 Å². The molecule has 22 heavy (non-hydrogen) atoms. The summed E-state index contributed by atoms with van der Waals surface area (Å²) in [7, 11) is 0. The molecule has 3 rings (SSSR count). The Kier molecular flexibility index (Phi) is 4.00. The van der Waals surface area contributed by atoms with Gasteiger partial charge >= 0.3 is 0 Å². The van der Waals surface area contributed by atoms with E-state index in [4.69, 9.17) is 0 Å². The fourth-order valence-corrected chi connectivity index (χ4v) is 2.38. The van der Waals surface area contributed by atoms with Gasteiger partial charge in [0.1, 0.15) is 0 Å². The summed E-state index contributed by atoms with van der Waals surface area (Å²) in [5, 5.41) is 3.88. The standard InChI is InChI=1S/C16H16N4O2/c21-15(18-7-8-20-11-17-6-5-16(20)22)9-12-10-19-14-4-2-1-3-13(12)14/h1-6,10-11,19H,7-9H2,(H,18,21). The normalized spacial score (nSPS) is 10.7. The van der Waals surface area contributed by atoms with Crippen LogP contribution in [0, 0.1) is 0 Å². The minimum absolute atomic E-state index is 0.0679. The van der Waals surface area contributed by atoms with Crippen molar-refractivity contribution in [2.45, 2.75) is 13.0 Å². The zero-order valence-electron chi connectivity index (χ0n) is 12.0. The van der Waals surface area contributed by atoms with Gasteiger partial charge in [0.15, 0.2) is 0 Å². The zero-order valence-corrected chi connectivity index (χ0v) is 12.0. The molecule has 0 atom stereocenters. The Balaban J connectivity index is 1.57. The van der Waals surface area contributed by atoms with Crippen LogP contribution in [0.3, 0.4) is 0 Å². The van der Waals surface area contributed by atoms with Crippen LogP contribution in [-0.2, 0) is 17.8 Å². The van der Waals surface area contributed by atoms with Crippen LogP contribution in [0.1, 0.15) is 5.56 Å². The number of rotatable bonds is 5. The molecule has 2 N–H and O–H groups in total. The van der Waals surface area contributed by atoms with E-state index in [1.54, 1.807) is 0 Å². The largest absolute Gasteiger partial charge is 0.361 e. The highest BCUT2D eigenvalue weighted by Crippen LogP contribution is 2.17. The highest BCUT2D eigenvalue weighted by Gasteiger charge is 2.08. The van der Waals surface area contributed by atoms with Crippen LogP contribution in [0.15, 0.2) is 53.8 Å². The van der Waals surface area contributed by atoms with Gasteiger partial charge < -0.3 is 10.3 Å². The minimum Gasteiger partial charge on any atom is -0.361 e. The highest BCUT2D eigenvalue weighted by atomic mass is 16.1. The Morgan fingerprint density at radius 2 is 2.14 bits per heavy atom. The molecule has 0 spiro atoms. The summed E-state index contributed by atoms with van der Waals surface area (Å²) in [6.07, 6.45) is 5.09. The number of H-pyrrole nitrogens is 1. The van der Waals surface area contributed by atoms with Gasteiger partial charge in [0.05, 0.1) is 12.7 Å². The molecule has 6 nitrogen and oxygen atoms in total. The maximum Gasteiger partial charge on any atom is 0.253 e. The average molecular weight is 296 g/mol. The van der Waals surface area contributed by atoms with Crippen molar-refractivity contribution >= 4 is 16.8 Å². The molecule has 0 saturated carbocycles. The Hall–Kier alpha value is -2.89. The van der Waals surface area contributed by atoms with Crippen molar-refractivity contribution < 1.29 is 4.79 Å². The van der Waals surface area contributed by atoms with Crippen LogP contribution in [0.2, 0.25) is 0 Å². The zero-order chi connectivity index (χ0) is 15.4. The summed E-state index contributed by atoms with van der Waals surface area (Å²) in [6.45, 7) is 0.805. The van der Waals surface area contributed by atoms with E-state index in [-0.39, 0.29) is 11.5 Å². The van der Waals surface area contributed by atoms with Gasteiger partial charge in [0.2, 0.25) is 5.91 Å². The first kappa shape index (κ1) is 14.1. The number of hydrogen-bond donors (Lipinski definition) is 2. The fourth-order valence-electron chi connectivity index (χ4n) is 2.38. The molecule has 0 unspecified atom stereocenters. The molecule has 3 aromatic rings. The van der Waals surface area contributed by atoms with E-state index in [1.165, 1.54) is 23.2 Å². The van der Waals surface area contributed by atoms with Gasteiger partial charge in [-0.1, -0.05) is 18.2 Å². The molecule has 0 aliphatic heterocycles. The van der Waals surface area contributed by atoms with Gasteiger partial charge in [-0.25, -0.2) is 4.98 Å². The van der Waals surface area contributed by atoms with Gasteiger partial charge in [-0.15, -0.1) is 0 Å². The van der Waals surface area contributed by atoms with Crippen molar-refractivity contribution in [3.63, 3.8) is 0 Å². The van der Waals surface area contributed by atoms with Crippen LogP contribution in [0.5, 0.6) is 0 Å². The second-order valence-corrected chi connectivity index (χ2v) is 5.00. The third-order valence-corrected chi connectivity index (χ3v) is 3.49. The van der Waals surface area contributed by atoms with Crippen molar-refractivity contribution in [1.29, 1.82) is 0 Å². The molecule has 2 aromatic heterocycles. The average Bonchev–Trinajstić information content (AvgIpc) is 2.92. The topological polar surface area (TPSA) is 79.8 Å². The van der Waals surface area contributed by atoms with Crippen LogP contribution in [-0.4, -0.2) is 27.0 Å². The Labute approximate surface area is 126 Å². The Morgan fingerprint density at radius 1 is 1.27 bits per heavy atom. The molecule has 0 saturated heterocycles. The summed E-state index contributed by atoms with van der Waals surface area (Å²) < 4.78 is 1.46. The van der Waals surface area contributed by atoms with Gasteiger partial charge in [0, 0.05) is 42.5 Å². The number of amides is 1. The molecule has 112 valence electrons. The minimum atomic E-state index is -0.124. The van der Waals surface area contributed by atoms with E-state index >= 15 is 0 Å². The van der Waals surface area contributed by atoms with Crippen molar-refractivity contribution in [2.24, 2.45) is 0 Å². The number of aromatic amines is 1. The third kappa shape index (κ3) is 3.06. The molecule has 2 heterocycles. The van der Waals surface area contributed by atoms with Crippen LogP contribution in [0.25, 0.3) is 10.9 Å². The highest BCUT2D eigenvalue weighted by molar-refractivity contribution is 5.88. The lowest BCUT2D eigenvalue weighted by molar-refractivity contribution is -0.120. The number of para-hydroxylation sites is 1. The SMILES string of the molecule is O=C(Cc1c[nH]c2ccccc12)NCCn1cnccc1=O. The van der Waals surface area contributed by atoms with Gasteiger partial charge in [-0.3, -0.25) is 14.2 Å². The summed E-state index contributed by atoms with van der Waals surface area (Å²) in [5.41, 5.74) is 1.86. The summed E-state index contributed by atoms with van der Waals surface area (Å²) in [5.74, 6) is -0.0679. The smallest absolute Gasteiger partial charge is 0.253 e. The number of aromatic nitrogens is 3. The van der Waals surface area contributed by atoms with E-state index in [0.29, 0.717) is 19.5 Å². The van der Waals surface area contributed by atoms with E-state index in [1.807, 2.05) is 30.5 Å². The van der Waals surface area contributed by atoms with E-state index in [0.717, 1.165) is 16.5 Å². The molecule has 0 aliphatic carbocycles. The molecular formula is C16H16N4O2. The first-order valence-electron chi connectivity index (χ1n) is 7.06. The molecule has 0 bridgehead atoms. The molecule has 0 radical (unpaired) electrons. The maximum absolute atomic E-state index is 12.0. The van der Waals surface area contributed by atoms with Gasteiger partial charge in [0.25, 0.3) is 5.56 Å². The molecule has 6 heteroatoms. The number of nitrogens with one attached hydrogen (secondary N) is 2. The predicted molar refractivity (Wildman–Crippen MR) is 83.5 cm³/mol. The molecule has 0 aliphatic rings. The molecule has 1 amide bonds. The molecule has 1 aromatic carbocycles. The van der Waals surface area contributed by atoms with Crippen molar-refractivity contribution in [3.8, 4) is 0 Å². The number of fused-ring (bicyclic) bond motifs is 1. The van der Waals surface area contributed by atoms with Crippen molar-refractivity contribution in [2.75, 3.05) is 6.54 Å². The lowest BCUT2D eigenvalue weighted by atomic mass is 10.1. The van der Waals surface area contributed by atoms with Gasteiger partial charge in [-0.05, 0) is 11.6 Å². The predicted octanol–water partition coefficient (Wildman–Crippen LogP) is 1.08. The number of benzene rings is 1. The van der Waals surface area contributed by atoms with E-state index < -0.39 is 0 Å². The van der Waals surface area contributed by atoms with Gasteiger partial charge in [-0.2, -0.15) is 0 Å². The monoisotopic (exact) mass is 296 g/mol. The lowest BCUT2D eigenvalue weighted by Crippen LogP contribution is -2.31. The first-order chi connectivity index (χ1) is 10.7. The molecule has 0 fully saturated rings. The third-order valence-electron chi connectivity index (χ3n) is 3.49. The summed E-state index contributed by atoms with van der Waals surface area (Å²) in [4.78, 5) is 30.5. The number of hydrogen-bond acceptors (Lipinski definition) is 3. The Bertz CT molecular complexity index is 850. The summed E-state index contributed by atoms with van der Waals surface area (Å²) >= 11 is 0. The lowest BCUT2D eigenvalue weighted by Gasteiger charge is -2.06.